The molecule has 0 amide bonds. The zero-order valence-corrected chi connectivity index (χ0v) is 28.7. The number of aromatic nitrogens is 1. The number of carboxylic acids is 1. The lowest BCUT2D eigenvalue weighted by Gasteiger charge is -2.42. The summed E-state index contributed by atoms with van der Waals surface area (Å²) < 4.78 is 18.8. The summed E-state index contributed by atoms with van der Waals surface area (Å²) in [6, 6.07) is 15.5. The summed E-state index contributed by atoms with van der Waals surface area (Å²) in [5, 5.41) is 11.2. The van der Waals surface area contributed by atoms with E-state index >= 15 is 0 Å². The molecule has 1 fully saturated rings. The van der Waals surface area contributed by atoms with Crippen molar-refractivity contribution < 1.29 is 24.1 Å². The van der Waals surface area contributed by atoms with E-state index in [0.29, 0.717) is 48.1 Å². The maximum atomic E-state index is 12.8. The number of piperidine rings is 1. The van der Waals surface area contributed by atoms with Crippen molar-refractivity contribution in [3.8, 4) is 16.9 Å². The first-order valence-corrected chi connectivity index (χ1v) is 16.2. The molecule has 0 aliphatic carbocycles. The van der Waals surface area contributed by atoms with Crippen LogP contribution in [0.5, 0.6) is 5.75 Å². The molecule has 1 aromatic heterocycles. The Hall–Kier alpha value is -3.65. The van der Waals surface area contributed by atoms with Gasteiger partial charge in [-0.1, -0.05) is 48.0 Å². The van der Waals surface area contributed by atoms with Gasteiger partial charge < -0.3 is 24.2 Å². The molecule has 246 valence electrons. The van der Waals surface area contributed by atoms with Crippen LogP contribution in [0.1, 0.15) is 81.7 Å². The lowest BCUT2D eigenvalue weighted by molar-refractivity contribution is -0.160. The van der Waals surface area contributed by atoms with E-state index in [1.807, 2.05) is 89.2 Å². The van der Waals surface area contributed by atoms with E-state index in [4.69, 9.17) is 30.8 Å². The van der Waals surface area contributed by atoms with Gasteiger partial charge >= 0.3 is 5.97 Å². The molecule has 2 atom stereocenters. The number of hydrogen-bond acceptors (Lipinski definition) is 6. The number of nitrogens with zero attached hydrogens (tertiary/aromatic N) is 2. The topological polar surface area (TPSA) is 81.1 Å². The molecule has 0 spiro atoms. The third kappa shape index (κ3) is 8.58. The number of halogens is 1. The quantitative estimate of drug-likeness (QED) is 0.185. The van der Waals surface area contributed by atoms with Gasteiger partial charge in [-0.05, 0) is 89.8 Å². The van der Waals surface area contributed by atoms with Crippen molar-refractivity contribution in [3.63, 3.8) is 0 Å². The minimum absolute atomic E-state index is 0.220. The lowest BCUT2D eigenvalue weighted by atomic mass is 9.89. The fraction of sp³-hybridized carbons (Fsp3) is 0.421. The van der Waals surface area contributed by atoms with E-state index in [1.54, 1.807) is 6.08 Å². The highest BCUT2D eigenvalue weighted by molar-refractivity contribution is 6.30. The summed E-state index contributed by atoms with van der Waals surface area (Å²) in [6.07, 6.45) is 4.38. The number of aryl methyl sites for hydroxylation is 2. The molecule has 0 saturated carbocycles. The third-order valence-corrected chi connectivity index (χ3v) is 8.52. The van der Waals surface area contributed by atoms with E-state index in [-0.39, 0.29) is 11.7 Å². The Bertz CT molecular complexity index is 1520. The maximum Gasteiger partial charge on any atom is 0.337 e. The zero-order valence-electron chi connectivity index (χ0n) is 27.9. The summed E-state index contributed by atoms with van der Waals surface area (Å²) in [5.74, 6) is -0.344. The zero-order chi connectivity index (χ0) is 33.6. The van der Waals surface area contributed by atoms with Crippen molar-refractivity contribution in [3.05, 3.63) is 101 Å². The van der Waals surface area contributed by atoms with Crippen molar-refractivity contribution in [2.24, 2.45) is 0 Å². The number of hydrogen-bond donors (Lipinski definition) is 1. The van der Waals surface area contributed by atoms with Gasteiger partial charge in [0, 0.05) is 47.0 Å². The predicted octanol–water partition coefficient (Wildman–Crippen LogP) is 9.22. The Balaban J connectivity index is 1.79. The van der Waals surface area contributed by atoms with Crippen LogP contribution >= 0.6 is 11.6 Å². The van der Waals surface area contributed by atoms with Crippen molar-refractivity contribution in [1.82, 2.24) is 4.98 Å². The van der Waals surface area contributed by atoms with Crippen LogP contribution in [0.4, 0.5) is 5.69 Å². The number of benzene rings is 2. The molecular formula is C38H47ClN2O5. The van der Waals surface area contributed by atoms with Crippen LogP contribution in [0.2, 0.25) is 5.02 Å². The van der Waals surface area contributed by atoms with Gasteiger partial charge in [0.2, 0.25) is 0 Å². The average Bonchev–Trinajstić information content (AvgIpc) is 2.99. The summed E-state index contributed by atoms with van der Waals surface area (Å²) in [7, 11) is 0. The molecule has 0 radical (unpaired) electrons. The standard InChI is InChI=1S/C38H47ClN2O5/c1-9-11-31(27-12-16-29(39)17-13-27)45-30-18-14-28(15-19-30)32-25(3)40-26(4)33(35(36(42)43)46-37(5,6)7)34(32)41-22-20-38(8,21-23-41)44-24-10-2/h9-10,12-19,31,35H,1-2,11,20-24H2,3-8H3,(H,42,43). The molecule has 46 heavy (non-hydrogen) atoms. The van der Waals surface area contributed by atoms with Gasteiger partial charge in [0.25, 0.3) is 0 Å². The summed E-state index contributed by atoms with van der Waals surface area (Å²) in [5.41, 5.74) is 4.68. The Morgan fingerprint density at radius 3 is 2.22 bits per heavy atom. The average molecular weight is 647 g/mol. The highest BCUT2D eigenvalue weighted by Crippen LogP contribution is 2.44. The SMILES string of the molecule is C=CCOC1(C)CCN(c2c(-c3ccc(OC(CC=C)c4ccc(Cl)cc4)cc3)c(C)nc(C)c2C(OC(C)(C)C)C(=O)O)CC1. The van der Waals surface area contributed by atoms with Crippen molar-refractivity contribution >= 4 is 23.3 Å². The molecular weight excluding hydrogens is 600 g/mol. The minimum Gasteiger partial charge on any atom is -0.485 e. The van der Waals surface area contributed by atoms with E-state index in [1.165, 1.54) is 0 Å². The lowest BCUT2D eigenvalue weighted by Crippen LogP contribution is -2.45. The van der Waals surface area contributed by atoms with Gasteiger partial charge in [-0.2, -0.15) is 0 Å². The fourth-order valence-electron chi connectivity index (χ4n) is 5.97. The van der Waals surface area contributed by atoms with Crippen LogP contribution in [0.15, 0.2) is 73.8 Å². The summed E-state index contributed by atoms with van der Waals surface area (Å²) in [6.45, 7) is 21.1. The Morgan fingerprint density at radius 1 is 1.04 bits per heavy atom. The van der Waals surface area contributed by atoms with Crippen LogP contribution in [0.25, 0.3) is 11.1 Å². The number of anilines is 1. The van der Waals surface area contributed by atoms with Crippen LogP contribution in [-0.2, 0) is 14.3 Å². The predicted molar refractivity (Wildman–Crippen MR) is 186 cm³/mol. The van der Waals surface area contributed by atoms with Gasteiger partial charge in [-0.25, -0.2) is 4.79 Å². The van der Waals surface area contributed by atoms with Crippen LogP contribution < -0.4 is 9.64 Å². The molecule has 2 heterocycles. The largest absolute Gasteiger partial charge is 0.485 e. The van der Waals surface area contributed by atoms with E-state index in [2.05, 4.69) is 25.0 Å². The molecule has 4 rings (SSSR count). The number of carbonyl (C=O) groups is 1. The smallest absolute Gasteiger partial charge is 0.337 e. The van der Waals surface area contributed by atoms with E-state index in [9.17, 15) is 9.90 Å². The van der Waals surface area contributed by atoms with Gasteiger partial charge in [0.15, 0.2) is 6.10 Å². The molecule has 2 unspecified atom stereocenters. The Morgan fingerprint density at radius 2 is 1.67 bits per heavy atom. The molecule has 7 nitrogen and oxygen atoms in total. The molecule has 3 aromatic rings. The number of rotatable bonds is 13. The Labute approximate surface area is 278 Å². The molecule has 1 aliphatic rings. The van der Waals surface area contributed by atoms with Crippen molar-refractivity contribution in [2.75, 3.05) is 24.6 Å². The second-order valence-electron chi connectivity index (χ2n) is 13.1. The van der Waals surface area contributed by atoms with E-state index in [0.717, 1.165) is 40.9 Å². The monoisotopic (exact) mass is 646 g/mol. The first-order valence-electron chi connectivity index (χ1n) is 15.8. The minimum atomic E-state index is -1.20. The van der Waals surface area contributed by atoms with Crippen molar-refractivity contribution in [1.29, 1.82) is 0 Å². The van der Waals surface area contributed by atoms with Crippen LogP contribution in [0, 0.1) is 13.8 Å². The van der Waals surface area contributed by atoms with Gasteiger partial charge in [-0.3, -0.25) is 4.98 Å². The van der Waals surface area contributed by atoms with Crippen LogP contribution in [-0.4, -0.2) is 47.0 Å². The molecule has 0 bridgehead atoms. The third-order valence-electron chi connectivity index (χ3n) is 8.27. The molecule has 1 N–H and O–H groups in total. The first-order chi connectivity index (χ1) is 21.7. The highest BCUT2D eigenvalue weighted by atomic mass is 35.5. The Kier molecular flexibility index (Phi) is 11.4. The second-order valence-corrected chi connectivity index (χ2v) is 13.5. The first kappa shape index (κ1) is 35.2. The number of ether oxygens (including phenoxy) is 3. The van der Waals surface area contributed by atoms with Crippen molar-refractivity contribution in [2.45, 2.75) is 84.2 Å². The molecule has 8 heteroatoms. The number of pyridine rings is 1. The summed E-state index contributed by atoms with van der Waals surface area (Å²) in [4.78, 5) is 20.0. The maximum absolute atomic E-state index is 12.8. The van der Waals surface area contributed by atoms with Crippen LogP contribution in [0.3, 0.4) is 0 Å². The second kappa shape index (κ2) is 14.8. The fourth-order valence-corrected chi connectivity index (χ4v) is 6.10. The molecule has 2 aromatic carbocycles. The van der Waals surface area contributed by atoms with Gasteiger partial charge in [0.1, 0.15) is 11.9 Å². The molecule has 1 saturated heterocycles. The number of aliphatic carboxylic acids is 1. The van der Waals surface area contributed by atoms with Gasteiger partial charge in [0.05, 0.1) is 23.5 Å². The molecule has 1 aliphatic heterocycles. The highest BCUT2D eigenvalue weighted by Gasteiger charge is 2.37. The van der Waals surface area contributed by atoms with Gasteiger partial charge in [-0.15, -0.1) is 13.2 Å². The number of carboxylic acid groups (broad SMARTS) is 1. The normalized spacial score (nSPS) is 16.0. The summed E-state index contributed by atoms with van der Waals surface area (Å²) >= 11 is 6.11. The van der Waals surface area contributed by atoms with E-state index < -0.39 is 17.7 Å².